The summed E-state index contributed by atoms with van der Waals surface area (Å²) < 4.78 is 0.751. The molecule has 0 aromatic carbocycles. The Labute approximate surface area is 135 Å². The monoisotopic (exact) mass is 365 g/mol. The SMILES string of the molecule is C=C(Br)CNC(=O)c1sc2nc(C3CC3)nc(C)c2c1C. The molecule has 4 nitrogen and oxygen atoms in total. The third-order valence-electron chi connectivity index (χ3n) is 3.58. The quantitative estimate of drug-likeness (QED) is 0.895. The zero-order valence-electron chi connectivity index (χ0n) is 12.0. The van der Waals surface area contributed by atoms with Gasteiger partial charge in [-0.2, -0.15) is 0 Å². The maximum absolute atomic E-state index is 12.3. The molecular formula is C15H16BrN3OS. The highest BCUT2D eigenvalue weighted by atomic mass is 79.9. The fourth-order valence-corrected chi connectivity index (χ4v) is 3.65. The van der Waals surface area contributed by atoms with Crippen LogP contribution in [0.1, 0.15) is 45.5 Å². The topological polar surface area (TPSA) is 54.9 Å². The summed E-state index contributed by atoms with van der Waals surface area (Å²) in [5.41, 5.74) is 1.94. The molecule has 110 valence electrons. The molecule has 0 radical (unpaired) electrons. The number of carbonyl (C=O) groups excluding carboxylic acids is 1. The number of aromatic nitrogens is 2. The molecule has 1 amide bonds. The molecule has 0 unspecified atom stereocenters. The summed E-state index contributed by atoms with van der Waals surface area (Å²) in [4.78, 5) is 23.2. The van der Waals surface area contributed by atoms with Crippen molar-refractivity contribution < 1.29 is 4.79 Å². The van der Waals surface area contributed by atoms with Gasteiger partial charge in [0.05, 0.1) is 10.6 Å². The lowest BCUT2D eigenvalue weighted by Crippen LogP contribution is -2.24. The summed E-state index contributed by atoms with van der Waals surface area (Å²) in [6.45, 7) is 8.10. The highest BCUT2D eigenvalue weighted by Crippen LogP contribution is 2.40. The molecule has 1 aliphatic rings. The molecule has 2 aromatic rings. The van der Waals surface area contributed by atoms with Crippen LogP contribution in [-0.4, -0.2) is 22.4 Å². The standard InChI is InChI=1S/C15H16BrN3OS/c1-7(16)6-17-14(20)12-8(2)11-9(3)18-13(10-4-5-10)19-15(11)21-12/h10H,1,4-6H2,2-3H3,(H,17,20). The average molecular weight is 366 g/mol. The van der Waals surface area contributed by atoms with Crippen molar-refractivity contribution in [2.45, 2.75) is 32.6 Å². The van der Waals surface area contributed by atoms with E-state index in [9.17, 15) is 4.79 Å². The number of halogens is 1. The van der Waals surface area contributed by atoms with Crippen molar-refractivity contribution >= 4 is 43.4 Å². The number of aryl methyl sites for hydroxylation is 2. The van der Waals surface area contributed by atoms with E-state index in [1.54, 1.807) is 0 Å². The second-order valence-corrected chi connectivity index (χ2v) is 7.50. The number of hydrogen-bond donors (Lipinski definition) is 1. The van der Waals surface area contributed by atoms with Crippen molar-refractivity contribution in [3.8, 4) is 0 Å². The van der Waals surface area contributed by atoms with Crippen LogP contribution < -0.4 is 5.32 Å². The average Bonchev–Trinajstić information content (AvgIpc) is 3.21. The van der Waals surface area contributed by atoms with Gasteiger partial charge >= 0.3 is 0 Å². The van der Waals surface area contributed by atoms with E-state index >= 15 is 0 Å². The van der Waals surface area contributed by atoms with Crippen molar-refractivity contribution in [3.05, 3.63) is 33.0 Å². The van der Waals surface area contributed by atoms with E-state index in [1.165, 1.54) is 24.2 Å². The molecule has 0 spiro atoms. The molecule has 1 aliphatic carbocycles. The molecule has 1 fully saturated rings. The molecular weight excluding hydrogens is 350 g/mol. The number of hydrogen-bond acceptors (Lipinski definition) is 4. The van der Waals surface area contributed by atoms with E-state index in [0.29, 0.717) is 17.3 Å². The van der Waals surface area contributed by atoms with Gasteiger partial charge in [-0.15, -0.1) is 11.3 Å². The van der Waals surface area contributed by atoms with Crippen LogP contribution >= 0.6 is 27.3 Å². The Morgan fingerprint density at radius 2 is 2.14 bits per heavy atom. The maximum atomic E-state index is 12.3. The van der Waals surface area contributed by atoms with Crippen LogP contribution in [0.4, 0.5) is 0 Å². The summed E-state index contributed by atoms with van der Waals surface area (Å²) in [5, 5.41) is 3.87. The first-order valence-electron chi connectivity index (χ1n) is 6.86. The number of fused-ring (bicyclic) bond motifs is 1. The molecule has 0 aliphatic heterocycles. The van der Waals surface area contributed by atoms with Gasteiger partial charge in [0.2, 0.25) is 0 Å². The van der Waals surface area contributed by atoms with Gasteiger partial charge in [-0.25, -0.2) is 9.97 Å². The minimum atomic E-state index is -0.0801. The second kappa shape index (κ2) is 5.50. The minimum Gasteiger partial charge on any atom is -0.347 e. The number of nitrogens with zero attached hydrogens (tertiary/aromatic N) is 2. The molecule has 6 heteroatoms. The van der Waals surface area contributed by atoms with Crippen LogP contribution in [-0.2, 0) is 0 Å². The number of thiophene rings is 1. The Morgan fingerprint density at radius 1 is 1.43 bits per heavy atom. The Bertz CT molecular complexity index is 749. The summed E-state index contributed by atoms with van der Waals surface area (Å²) in [6.07, 6.45) is 2.35. The summed E-state index contributed by atoms with van der Waals surface area (Å²) in [7, 11) is 0. The Morgan fingerprint density at radius 3 is 2.76 bits per heavy atom. The van der Waals surface area contributed by atoms with Crippen molar-refractivity contribution in [1.29, 1.82) is 0 Å². The van der Waals surface area contributed by atoms with Crippen molar-refractivity contribution in [1.82, 2.24) is 15.3 Å². The normalized spacial score (nSPS) is 14.4. The first-order chi connectivity index (χ1) is 9.97. The van der Waals surface area contributed by atoms with Crippen LogP contribution in [0.15, 0.2) is 11.1 Å². The number of amides is 1. The lowest BCUT2D eigenvalue weighted by molar-refractivity contribution is 0.0961. The summed E-state index contributed by atoms with van der Waals surface area (Å²) in [6, 6.07) is 0. The molecule has 2 heterocycles. The van der Waals surface area contributed by atoms with Gasteiger partial charge in [-0.3, -0.25) is 4.79 Å². The van der Waals surface area contributed by atoms with Crippen molar-refractivity contribution in [2.75, 3.05) is 6.54 Å². The number of nitrogens with one attached hydrogen (secondary N) is 1. The van der Waals surface area contributed by atoms with Gasteiger partial charge in [-0.05, 0) is 32.3 Å². The van der Waals surface area contributed by atoms with Gasteiger partial charge in [-0.1, -0.05) is 22.5 Å². The lowest BCUT2D eigenvalue weighted by Gasteiger charge is -2.03. The van der Waals surface area contributed by atoms with E-state index in [2.05, 4.69) is 37.8 Å². The van der Waals surface area contributed by atoms with Gasteiger partial charge in [0.1, 0.15) is 10.7 Å². The van der Waals surface area contributed by atoms with Crippen LogP contribution in [0.3, 0.4) is 0 Å². The molecule has 0 saturated heterocycles. The third kappa shape index (κ3) is 2.87. The van der Waals surface area contributed by atoms with Crippen LogP contribution in [0.25, 0.3) is 10.2 Å². The smallest absolute Gasteiger partial charge is 0.262 e. The summed E-state index contributed by atoms with van der Waals surface area (Å²) >= 11 is 4.69. The predicted molar refractivity (Wildman–Crippen MR) is 89.3 cm³/mol. The van der Waals surface area contributed by atoms with Crippen molar-refractivity contribution in [2.24, 2.45) is 0 Å². The largest absolute Gasteiger partial charge is 0.347 e. The first kappa shape index (κ1) is 14.7. The molecule has 21 heavy (non-hydrogen) atoms. The fraction of sp³-hybridized carbons (Fsp3) is 0.400. The van der Waals surface area contributed by atoms with E-state index < -0.39 is 0 Å². The zero-order valence-corrected chi connectivity index (χ0v) is 14.4. The van der Waals surface area contributed by atoms with Gasteiger partial charge in [0.25, 0.3) is 5.91 Å². The first-order valence-corrected chi connectivity index (χ1v) is 8.47. The van der Waals surface area contributed by atoms with Crippen LogP contribution in [0.5, 0.6) is 0 Å². The van der Waals surface area contributed by atoms with E-state index in [1.807, 2.05) is 13.8 Å². The van der Waals surface area contributed by atoms with Gasteiger partial charge in [0.15, 0.2) is 0 Å². The van der Waals surface area contributed by atoms with E-state index in [0.717, 1.165) is 31.8 Å². The third-order valence-corrected chi connectivity index (χ3v) is 5.04. The Kier molecular flexibility index (Phi) is 3.84. The highest BCUT2D eigenvalue weighted by molar-refractivity contribution is 9.11. The second-order valence-electron chi connectivity index (χ2n) is 5.38. The summed E-state index contributed by atoms with van der Waals surface area (Å²) in [5.74, 6) is 1.37. The Balaban J connectivity index is 2.00. The van der Waals surface area contributed by atoms with Crippen LogP contribution in [0, 0.1) is 13.8 Å². The molecule has 0 bridgehead atoms. The Hall–Kier alpha value is -1.27. The van der Waals surface area contributed by atoms with Crippen LogP contribution in [0.2, 0.25) is 0 Å². The molecule has 1 N–H and O–H groups in total. The molecule has 2 aromatic heterocycles. The minimum absolute atomic E-state index is 0.0801. The van der Waals surface area contributed by atoms with Gasteiger partial charge < -0.3 is 5.32 Å². The molecule has 3 rings (SSSR count). The predicted octanol–water partition coefficient (Wildman–Crippen LogP) is 3.82. The molecule has 0 atom stereocenters. The fourth-order valence-electron chi connectivity index (χ4n) is 2.36. The number of rotatable bonds is 4. The zero-order chi connectivity index (χ0) is 15.1. The van der Waals surface area contributed by atoms with E-state index in [4.69, 9.17) is 0 Å². The maximum Gasteiger partial charge on any atom is 0.262 e. The van der Waals surface area contributed by atoms with Gasteiger partial charge in [0, 0.05) is 22.3 Å². The van der Waals surface area contributed by atoms with Crippen molar-refractivity contribution in [3.63, 3.8) is 0 Å². The number of carbonyl (C=O) groups is 1. The molecule has 1 saturated carbocycles. The van der Waals surface area contributed by atoms with E-state index in [-0.39, 0.29) is 5.91 Å². The lowest BCUT2D eigenvalue weighted by atomic mass is 10.1. The highest BCUT2D eigenvalue weighted by Gasteiger charge is 2.28.